The Hall–Kier alpha value is -2.49. The highest BCUT2D eigenvalue weighted by molar-refractivity contribution is 5.89. The molecule has 0 amide bonds. The van der Waals surface area contributed by atoms with E-state index in [4.69, 9.17) is 15.2 Å². The number of ether oxygens (including phenoxy) is 2. The van der Waals surface area contributed by atoms with Crippen LogP contribution in [-0.2, 0) is 11.3 Å². The molecule has 0 saturated carbocycles. The maximum absolute atomic E-state index is 11.8. The third-order valence-electron chi connectivity index (χ3n) is 2.70. The molecule has 4 heteroatoms. The van der Waals surface area contributed by atoms with Crippen molar-refractivity contribution in [3.8, 4) is 5.75 Å². The summed E-state index contributed by atoms with van der Waals surface area (Å²) in [6.07, 6.45) is 0. The zero-order chi connectivity index (χ0) is 13.7. The van der Waals surface area contributed by atoms with E-state index in [1.165, 1.54) is 0 Å². The summed E-state index contributed by atoms with van der Waals surface area (Å²) in [5.74, 6) is 0.318. The molecule has 2 aromatic rings. The summed E-state index contributed by atoms with van der Waals surface area (Å²) >= 11 is 0. The highest BCUT2D eigenvalue weighted by atomic mass is 16.5. The first-order chi connectivity index (χ1) is 9.20. The van der Waals surface area contributed by atoms with Gasteiger partial charge in [-0.15, -0.1) is 0 Å². The molecule has 4 nitrogen and oxygen atoms in total. The molecule has 0 radical (unpaired) electrons. The number of carbonyl (C=O) groups is 1. The molecule has 0 aliphatic carbocycles. The monoisotopic (exact) mass is 257 g/mol. The number of carbonyl (C=O) groups excluding carboxylic acids is 1. The molecule has 2 aromatic carbocycles. The summed E-state index contributed by atoms with van der Waals surface area (Å²) in [7, 11) is 1.58. The van der Waals surface area contributed by atoms with Gasteiger partial charge in [-0.3, -0.25) is 0 Å². The van der Waals surface area contributed by atoms with Crippen LogP contribution >= 0.6 is 0 Å². The Morgan fingerprint density at radius 1 is 1.11 bits per heavy atom. The number of rotatable bonds is 4. The van der Waals surface area contributed by atoms with Crippen LogP contribution in [0.1, 0.15) is 15.9 Å². The van der Waals surface area contributed by atoms with E-state index in [0.717, 1.165) is 5.56 Å². The van der Waals surface area contributed by atoms with Gasteiger partial charge < -0.3 is 15.2 Å². The Labute approximate surface area is 111 Å². The number of esters is 1. The van der Waals surface area contributed by atoms with Crippen molar-refractivity contribution in [2.75, 3.05) is 12.8 Å². The van der Waals surface area contributed by atoms with Crippen LogP contribution < -0.4 is 10.5 Å². The minimum absolute atomic E-state index is 0.174. The first kappa shape index (κ1) is 13.0. The number of para-hydroxylation sites is 1. The zero-order valence-electron chi connectivity index (χ0n) is 10.6. The van der Waals surface area contributed by atoms with Crippen molar-refractivity contribution >= 4 is 11.7 Å². The van der Waals surface area contributed by atoms with E-state index in [1.54, 1.807) is 31.4 Å². The molecule has 0 aliphatic heterocycles. The normalized spacial score (nSPS) is 9.95. The van der Waals surface area contributed by atoms with Gasteiger partial charge in [0, 0.05) is 11.3 Å². The fourth-order valence-electron chi connectivity index (χ4n) is 1.67. The summed E-state index contributed by atoms with van der Waals surface area (Å²) in [4.78, 5) is 11.8. The van der Waals surface area contributed by atoms with Crippen LogP contribution in [0.2, 0.25) is 0 Å². The van der Waals surface area contributed by atoms with Crippen LogP contribution in [0.5, 0.6) is 5.75 Å². The van der Waals surface area contributed by atoms with Gasteiger partial charge in [0.05, 0.1) is 12.7 Å². The first-order valence-corrected chi connectivity index (χ1v) is 5.85. The lowest BCUT2D eigenvalue weighted by atomic mass is 10.2. The number of hydrogen-bond donors (Lipinski definition) is 1. The first-order valence-electron chi connectivity index (χ1n) is 5.85. The Morgan fingerprint density at radius 3 is 2.47 bits per heavy atom. The van der Waals surface area contributed by atoms with Gasteiger partial charge in [0.2, 0.25) is 0 Å². The maximum Gasteiger partial charge on any atom is 0.338 e. The summed E-state index contributed by atoms with van der Waals surface area (Å²) in [6, 6.07) is 14.0. The molecular formula is C15H15NO3. The largest absolute Gasteiger partial charge is 0.496 e. The minimum Gasteiger partial charge on any atom is -0.496 e. The summed E-state index contributed by atoms with van der Waals surface area (Å²) < 4.78 is 10.4. The predicted octanol–water partition coefficient (Wildman–Crippen LogP) is 2.63. The van der Waals surface area contributed by atoms with Crippen molar-refractivity contribution in [1.29, 1.82) is 0 Å². The van der Waals surface area contributed by atoms with Crippen LogP contribution in [-0.4, -0.2) is 13.1 Å². The fourth-order valence-corrected chi connectivity index (χ4v) is 1.67. The van der Waals surface area contributed by atoms with Crippen molar-refractivity contribution in [1.82, 2.24) is 0 Å². The predicted molar refractivity (Wildman–Crippen MR) is 73.0 cm³/mol. The minimum atomic E-state index is -0.383. The van der Waals surface area contributed by atoms with Crippen molar-refractivity contribution in [2.45, 2.75) is 6.61 Å². The lowest BCUT2D eigenvalue weighted by molar-refractivity contribution is 0.0470. The van der Waals surface area contributed by atoms with Gasteiger partial charge in [-0.05, 0) is 30.3 Å². The summed E-state index contributed by atoms with van der Waals surface area (Å²) in [5.41, 5.74) is 7.48. The molecule has 0 atom stereocenters. The van der Waals surface area contributed by atoms with Gasteiger partial charge in [0.1, 0.15) is 12.4 Å². The molecule has 2 N–H and O–H groups in total. The quantitative estimate of drug-likeness (QED) is 0.675. The Balaban J connectivity index is 2.02. The number of nitrogens with two attached hydrogens (primary N) is 1. The maximum atomic E-state index is 11.8. The van der Waals surface area contributed by atoms with E-state index in [0.29, 0.717) is 17.0 Å². The van der Waals surface area contributed by atoms with E-state index in [1.807, 2.05) is 24.3 Å². The van der Waals surface area contributed by atoms with Crippen LogP contribution in [0, 0.1) is 0 Å². The molecular weight excluding hydrogens is 242 g/mol. The number of anilines is 1. The molecule has 19 heavy (non-hydrogen) atoms. The topological polar surface area (TPSA) is 61.5 Å². The molecule has 0 aliphatic rings. The second-order valence-corrected chi connectivity index (χ2v) is 4.01. The van der Waals surface area contributed by atoms with Crippen molar-refractivity contribution < 1.29 is 14.3 Å². The van der Waals surface area contributed by atoms with E-state index < -0.39 is 0 Å². The SMILES string of the molecule is COc1ccccc1COC(=O)c1ccc(N)cc1. The Bertz CT molecular complexity index is 564. The second-order valence-electron chi connectivity index (χ2n) is 4.01. The average Bonchev–Trinajstić information content (AvgIpc) is 2.45. The van der Waals surface area contributed by atoms with E-state index in [-0.39, 0.29) is 12.6 Å². The molecule has 0 saturated heterocycles. The molecule has 0 spiro atoms. The standard InChI is InChI=1S/C15H15NO3/c1-18-14-5-3-2-4-12(14)10-19-15(17)11-6-8-13(16)9-7-11/h2-9H,10,16H2,1H3. The second kappa shape index (κ2) is 5.91. The summed E-state index contributed by atoms with van der Waals surface area (Å²) in [5, 5.41) is 0. The molecule has 0 heterocycles. The van der Waals surface area contributed by atoms with E-state index in [9.17, 15) is 4.79 Å². The lowest BCUT2D eigenvalue weighted by Gasteiger charge is -2.09. The van der Waals surface area contributed by atoms with Gasteiger partial charge in [-0.1, -0.05) is 18.2 Å². The lowest BCUT2D eigenvalue weighted by Crippen LogP contribution is -2.06. The van der Waals surface area contributed by atoms with Gasteiger partial charge in [0.25, 0.3) is 0 Å². The van der Waals surface area contributed by atoms with E-state index in [2.05, 4.69) is 0 Å². The number of methoxy groups -OCH3 is 1. The highest BCUT2D eigenvalue weighted by Crippen LogP contribution is 2.18. The number of nitrogen functional groups attached to an aromatic ring is 1. The average molecular weight is 257 g/mol. The Kier molecular flexibility index (Phi) is 4.03. The van der Waals surface area contributed by atoms with Gasteiger partial charge in [0.15, 0.2) is 0 Å². The van der Waals surface area contributed by atoms with E-state index >= 15 is 0 Å². The van der Waals surface area contributed by atoms with Crippen LogP contribution in [0.4, 0.5) is 5.69 Å². The molecule has 0 bridgehead atoms. The van der Waals surface area contributed by atoms with Gasteiger partial charge >= 0.3 is 5.97 Å². The molecule has 0 fully saturated rings. The van der Waals surface area contributed by atoms with Crippen LogP contribution in [0.25, 0.3) is 0 Å². The molecule has 0 unspecified atom stereocenters. The third-order valence-corrected chi connectivity index (χ3v) is 2.70. The molecule has 0 aromatic heterocycles. The van der Waals surface area contributed by atoms with Crippen LogP contribution in [0.3, 0.4) is 0 Å². The molecule has 2 rings (SSSR count). The van der Waals surface area contributed by atoms with Gasteiger partial charge in [-0.25, -0.2) is 4.79 Å². The van der Waals surface area contributed by atoms with Crippen molar-refractivity contribution in [3.63, 3.8) is 0 Å². The van der Waals surface area contributed by atoms with Crippen molar-refractivity contribution in [3.05, 3.63) is 59.7 Å². The molecule has 98 valence electrons. The van der Waals surface area contributed by atoms with Crippen molar-refractivity contribution in [2.24, 2.45) is 0 Å². The summed E-state index contributed by atoms with van der Waals surface area (Å²) in [6.45, 7) is 0.174. The fraction of sp³-hybridized carbons (Fsp3) is 0.133. The number of hydrogen-bond acceptors (Lipinski definition) is 4. The zero-order valence-corrected chi connectivity index (χ0v) is 10.6. The Morgan fingerprint density at radius 2 is 1.79 bits per heavy atom. The highest BCUT2D eigenvalue weighted by Gasteiger charge is 2.09. The van der Waals surface area contributed by atoms with Gasteiger partial charge in [-0.2, -0.15) is 0 Å². The van der Waals surface area contributed by atoms with Crippen LogP contribution in [0.15, 0.2) is 48.5 Å². The smallest absolute Gasteiger partial charge is 0.338 e. The number of benzene rings is 2. The third kappa shape index (κ3) is 3.25.